The van der Waals surface area contributed by atoms with Crippen molar-refractivity contribution in [1.82, 2.24) is 4.98 Å². The molecule has 0 radical (unpaired) electrons. The lowest BCUT2D eigenvalue weighted by molar-refractivity contribution is -0.126. The number of carbonyl (C=O) groups excluding carboxylic acids is 1. The first kappa shape index (κ1) is 13.9. The Labute approximate surface area is 118 Å². The third-order valence-electron chi connectivity index (χ3n) is 3.57. The second-order valence-corrected chi connectivity index (χ2v) is 6.27. The molecule has 0 saturated carbocycles. The summed E-state index contributed by atoms with van der Waals surface area (Å²) in [7, 11) is 0. The summed E-state index contributed by atoms with van der Waals surface area (Å²) in [4.78, 5) is 16.7. The molecule has 0 unspecified atom stereocenters. The standard InChI is InChI=1S/C16H19NOS/c1-4-16(2,3)14(18)10-15-17-13(11-19-15)12-8-6-5-7-9-12/h5-9,11H,4,10H2,1-3H3. The van der Waals surface area contributed by atoms with Gasteiger partial charge < -0.3 is 0 Å². The van der Waals surface area contributed by atoms with Gasteiger partial charge in [0, 0.05) is 16.4 Å². The van der Waals surface area contributed by atoms with Crippen LogP contribution in [-0.2, 0) is 11.2 Å². The molecule has 0 saturated heterocycles. The maximum Gasteiger partial charge on any atom is 0.145 e. The first-order valence-corrected chi connectivity index (χ1v) is 7.44. The smallest absolute Gasteiger partial charge is 0.145 e. The summed E-state index contributed by atoms with van der Waals surface area (Å²) >= 11 is 1.57. The van der Waals surface area contributed by atoms with Crippen molar-refractivity contribution in [3.8, 4) is 11.3 Å². The number of thiazole rings is 1. The molecule has 3 heteroatoms. The Balaban J connectivity index is 2.13. The topological polar surface area (TPSA) is 30.0 Å². The zero-order valence-electron chi connectivity index (χ0n) is 11.6. The fourth-order valence-electron chi connectivity index (χ4n) is 1.71. The minimum absolute atomic E-state index is 0.251. The van der Waals surface area contributed by atoms with Crippen LogP contribution in [-0.4, -0.2) is 10.8 Å². The summed E-state index contributed by atoms with van der Waals surface area (Å²) in [6.45, 7) is 6.05. The maximum absolute atomic E-state index is 12.2. The van der Waals surface area contributed by atoms with E-state index in [4.69, 9.17) is 0 Å². The highest BCUT2D eigenvalue weighted by molar-refractivity contribution is 7.10. The van der Waals surface area contributed by atoms with E-state index in [1.807, 2.05) is 49.6 Å². The van der Waals surface area contributed by atoms with Crippen LogP contribution in [0.15, 0.2) is 35.7 Å². The highest BCUT2D eigenvalue weighted by Gasteiger charge is 2.25. The fraction of sp³-hybridized carbons (Fsp3) is 0.375. The van der Waals surface area contributed by atoms with Crippen LogP contribution in [0, 0.1) is 5.41 Å². The van der Waals surface area contributed by atoms with E-state index in [-0.39, 0.29) is 11.2 Å². The van der Waals surface area contributed by atoms with Gasteiger partial charge in [-0.25, -0.2) is 4.98 Å². The molecule has 1 heterocycles. The fourth-order valence-corrected chi connectivity index (χ4v) is 2.51. The molecule has 0 aliphatic carbocycles. The van der Waals surface area contributed by atoms with Gasteiger partial charge in [-0.2, -0.15) is 0 Å². The lowest BCUT2D eigenvalue weighted by atomic mass is 9.84. The minimum atomic E-state index is -0.251. The van der Waals surface area contributed by atoms with Crippen LogP contribution in [0.4, 0.5) is 0 Å². The molecule has 0 bridgehead atoms. The lowest BCUT2D eigenvalue weighted by Gasteiger charge is -2.19. The van der Waals surface area contributed by atoms with Gasteiger partial charge in [0.15, 0.2) is 0 Å². The van der Waals surface area contributed by atoms with Gasteiger partial charge in [0.1, 0.15) is 10.8 Å². The van der Waals surface area contributed by atoms with Crippen LogP contribution in [0.1, 0.15) is 32.2 Å². The van der Waals surface area contributed by atoms with Crippen molar-refractivity contribution in [2.24, 2.45) is 5.41 Å². The third-order valence-corrected chi connectivity index (χ3v) is 4.42. The Morgan fingerprint density at radius 2 is 1.95 bits per heavy atom. The highest BCUT2D eigenvalue weighted by atomic mass is 32.1. The van der Waals surface area contributed by atoms with Crippen LogP contribution in [0.5, 0.6) is 0 Å². The van der Waals surface area contributed by atoms with E-state index in [1.54, 1.807) is 11.3 Å². The molecule has 0 N–H and O–H groups in total. The monoisotopic (exact) mass is 273 g/mol. The van der Waals surface area contributed by atoms with Gasteiger partial charge in [-0.15, -0.1) is 11.3 Å². The van der Waals surface area contributed by atoms with Gasteiger partial charge >= 0.3 is 0 Å². The average molecular weight is 273 g/mol. The van der Waals surface area contributed by atoms with Crippen LogP contribution < -0.4 is 0 Å². The molecule has 1 aromatic carbocycles. The van der Waals surface area contributed by atoms with Gasteiger partial charge in [0.05, 0.1) is 12.1 Å². The highest BCUT2D eigenvalue weighted by Crippen LogP contribution is 2.26. The first-order valence-electron chi connectivity index (χ1n) is 6.56. The summed E-state index contributed by atoms with van der Waals surface area (Å²) < 4.78 is 0. The van der Waals surface area contributed by atoms with Crippen molar-refractivity contribution in [3.05, 3.63) is 40.7 Å². The average Bonchev–Trinajstić information content (AvgIpc) is 2.88. The normalized spacial score (nSPS) is 11.5. The van der Waals surface area contributed by atoms with Gasteiger partial charge in [-0.05, 0) is 6.42 Å². The minimum Gasteiger partial charge on any atom is -0.299 e. The summed E-state index contributed by atoms with van der Waals surface area (Å²) in [5, 5.41) is 2.93. The number of hydrogen-bond acceptors (Lipinski definition) is 3. The number of ketones is 1. The molecule has 0 atom stereocenters. The van der Waals surface area contributed by atoms with Crippen molar-refractivity contribution in [3.63, 3.8) is 0 Å². The molecule has 0 amide bonds. The molecule has 1 aromatic heterocycles. The number of hydrogen-bond donors (Lipinski definition) is 0. The number of Topliss-reactive ketones (excluding diaryl/α,β-unsaturated/α-hetero) is 1. The summed E-state index contributed by atoms with van der Waals surface area (Å²) in [6, 6.07) is 10.1. The van der Waals surface area contributed by atoms with Crippen LogP contribution >= 0.6 is 11.3 Å². The Morgan fingerprint density at radius 3 is 2.58 bits per heavy atom. The van der Waals surface area contributed by atoms with Gasteiger partial charge in [-0.1, -0.05) is 51.1 Å². The number of carbonyl (C=O) groups is 1. The van der Waals surface area contributed by atoms with E-state index < -0.39 is 0 Å². The molecule has 0 spiro atoms. The second kappa shape index (κ2) is 5.66. The largest absolute Gasteiger partial charge is 0.299 e. The number of nitrogens with zero attached hydrogens (tertiary/aromatic N) is 1. The zero-order chi connectivity index (χ0) is 13.9. The predicted octanol–water partition coefficient (Wildman–Crippen LogP) is 4.36. The Hall–Kier alpha value is -1.48. The summed E-state index contributed by atoms with van der Waals surface area (Å²) in [5.74, 6) is 0.268. The lowest BCUT2D eigenvalue weighted by Crippen LogP contribution is -2.24. The summed E-state index contributed by atoms with van der Waals surface area (Å²) in [5.41, 5.74) is 1.81. The number of rotatable bonds is 5. The zero-order valence-corrected chi connectivity index (χ0v) is 12.5. The SMILES string of the molecule is CCC(C)(C)C(=O)Cc1nc(-c2ccccc2)cs1. The quantitative estimate of drug-likeness (QED) is 0.810. The van der Waals surface area contributed by atoms with Gasteiger partial charge in [0.2, 0.25) is 0 Å². The molecule has 0 fully saturated rings. The van der Waals surface area contributed by atoms with Gasteiger partial charge in [-0.3, -0.25) is 4.79 Å². The van der Waals surface area contributed by atoms with Crippen LogP contribution in [0.2, 0.25) is 0 Å². The molecule has 0 aliphatic heterocycles. The van der Waals surface area contributed by atoms with Gasteiger partial charge in [0.25, 0.3) is 0 Å². The maximum atomic E-state index is 12.2. The molecular weight excluding hydrogens is 254 g/mol. The van der Waals surface area contributed by atoms with Crippen molar-refractivity contribution in [2.45, 2.75) is 33.6 Å². The molecule has 19 heavy (non-hydrogen) atoms. The van der Waals surface area contributed by atoms with E-state index >= 15 is 0 Å². The second-order valence-electron chi connectivity index (χ2n) is 5.33. The Kier molecular flexibility index (Phi) is 4.15. The van der Waals surface area contributed by atoms with Crippen LogP contribution in [0.25, 0.3) is 11.3 Å². The van der Waals surface area contributed by atoms with Crippen molar-refractivity contribution in [2.75, 3.05) is 0 Å². The van der Waals surface area contributed by atoms with E-state index in [0.717, 1.165) is 22.7 Å². The Bertz CT molecular complexity index is 557. The molecule has 2 nitrogen and oxygen atoms in total. The first-order chi connectivity index (χ1) is 9.03. The molecular formula is C16H19NOS. The van der Waals surface area contributed by atoms with Crippen molar-refractivity contribution in [1.29, 1.82) is 0 Å². The number of benzene rings is 1. The van der Waals surface area contributed by atoms with E-state index in [1.165, 1.54) is 0 Å². The molecule has 100 valence electrons. The van der Waals surface area contributed by atoms with E-state index in [2.05, 4.69) is 11.9 Å². The molecule has 0 aliphatic rings. The number of aromatic nitrogens is 1. The van der Waals surface area contributed by atoms with E-state index in [9.17, 15) is 4.79 Å². The molecule has 2 aromatic rings. The Morgan fingerprint density at radius 1 is 1.26 bits per heavy atom. The van der Waals surface area contributed by atoms with Crippen molar-refractivity contribution < 1.29 is 4.79 Å². The van der Waals surface area contributed by atoms with Crippen LogP contribution in [0.3, 0.4) is 0 Å². The predicted molar refractivity (Wildman–Crippen MR) is 80.3 cm³/mol. The van der Waals surface area contributed by atoms with Crippen molar-refractivity contribution >= 4 is 17.1 Å². The van der Waals surface area contributed by atoms with E-state index in [0.29, 0.717) is 6.42 Å². The summed E-state index contributed by atoms with van der Waals surface area (Å²) in [6.07, 6.45) is 1.31. The molecule has 2 rings (SSSR count). The third kappa shape index (κ3) is 3.29.